The normalized spacial score (nSPS) is 16.0. The van der Waals surface area contributed by atoms with Crippen LogP contribution in [0.15, 0.2) is 48.5 Å². The molecular formula is C25H29F3N4O. The summed E-state index contributed by atoms with van der Waals surface area (Å²) in [6, 6.07) is 13.1. The number of aryl methyl sites for hydroxylation is 1. The highest BCUT2D eigenvalue weighted by molar-refractivity contribution is 5.56. The molecule has 176 valence electrons. The largest absolute Gasteiger partial charge is 0.496 e. The van der Waals surface area contributed by atoms with Crippen molar-refractivity contribution in [3.63, 3.8) is 0 Å². The molecule has 1 fully saturated rings. The van der Waals surface area contributed by atoms with Gasteiger partial charge >= 0.3 is 6.18 Å². The predicted molar refractivity (Wildman–Crippen MR) is 122 cm³/mol. The summed E-state index contributed by atoms with van der Waals surface area (Å²) in [4.78, 5) is 8.04. The van der Waals surface area contributed by atoms with Crippen LogP contribution in [-0.4, -0.2) is 35.7 Å². The molecule has 1 aromatic heterocycles. The molecule has 33 heavy (non-hydrogen) atoms. The van der Waals surface area contributed by atoms with Crippen LogP contribution in [0, 0.1) is 6.92 Å². The number of rotatable bonds is 7. The number of ether oxygens (including phenoxy) is 1. The second-order valence-electron chi connectivity index (χ2n) is 8.60. The van der Waals surface area contributed by atoms with Crippen molar-refractivity contribution in [1.82, 2.24) is 20.6 Å². The number of methoxy groups -OCH3 is 1. The maximum atomic E-state index is 12.9. The molecule has 5 nitrogen and oxygen atoms in total. The van der Waals surface area contributed by atoms with Crippen molar-refractivity contribution in [2.24, 2.45) is 0 Å². The first-order valence-corrected chi connectivity index (χ1v) is 11.1. The van der Waals surface area contributed by atoms with E-state index >= 15 is 0 Å². The highest BCUT2D eigenvalue weighted by Crippen LogP contribution is 2.31. The number of alkyl halides is 3. The van der Waals surface area contributed by atoms with E-state index < -0.39 is 11.7 Å². The molecule has 0 amide bonds. The minimum atomic E-state index is -4.35. The summed E-state index contributed by atoms with van der Waals surface area (Å²) < 4.78 is 44.2. The molecule has 0 unspecified atom stereocenters. The van der Waals surface area contributed by atoms with Crippen molar-refractivity contribution in [3.8, 4) is 17.1 Å². The second kappa shape index (κ2) is 9.57. The zero-order chi connectivity index (χ0) is 23.5. The molecular weight excluding hydrogens is 429 g/mol. The molecule has 2 aromatic carbocycles. The maximum Gasteiger partial charge on any atom is 0.416 e. The smallest absolute Gasteiger partial charge is 0.416 e. The van der Waals surface area contributed by atoms with Crippen LogP contribution in [-0.2, 0) is 19.1 Å². The van der Waals surface area contributed by atoms with Crippen molar-refractivity contribution in [2.45, 2.75) is 44.4 Å². The Morgan fingerprint density at radius 1 is 1.06 bits per heavy atom. The molecule has 8 heteroatoms. The van der Waals surface area contributed by atoms with Crippen molar-refractivity contribution in [3.05, 3.63) is 71.0 Å². The van der Waals surface area contributed by atoms with Gasteiger partial charge in [0.15, 0.2) is 0 Å². The van der Waals surface area contributed by atoms with Gasteiger partial charge in [0.05, 0.1) is 18.4 Å². The number of halogens is 3. The van der Waals surface area contributed by atoms with Crippen LogP contribution in [0.5, 0.6) is 5.75 Å². The topological polar surface area (TPSA) is 62.0 Å². The first-order chi connectivity index (χ1) is 15.8. The zero-order valence-corrected chi connectivity index (χ0v) is 18.9. The molecule has 1 saturated heterocycles. The van der Waals surface area contributed by atoms with E-state index in [2.05, 4.69) is 21.7 Å². The molecule has 1 aliphatic heterocycles. The molecule has 3 aromatic rings. The van der Waals surface area contributed by atoms with Crippen LogP contribution in [0.3, 0.4) is 0 Å². The van der Waals surface area contributed by atoms with Gasteiger partial charge in [-0.25, -0.2) is 4.98 Å². The number of aromatic amines is 1. The summed E-state index contributed by atoms with van der Waals surface area (Å²) in [6.07, 6.45) is -1.72. The van der Waals surface area contributed by atoms with Crippen molar-refractivity contribution in [1.29, 1.82) is 0 Å². The molecule has 2 heterocycles. The molecule has 4 rings (SSSR count). The highest BCUT2D eigenvalue weighted by Gasteiger charge is 2.34. The number of aromatic nitrogens is 2. The van der Waals surface area contributed by atoms with E-state index in [0.29, 0.717) is 17.9 Å². The zero-order valence-electron chi connectivity index (χ0n) is 18.9. The number of benzene rings is 2. The number of H-pyrrole nitrogens is 1. The third-order valence-electron chi connectivity index (χ3n) is 6.38. The van der Waals surface area contributed by atoms with E-state index in [1.54, 1.807) is 7.11 Å². The number of nitrogens with zero attached hydrogens (tertiary/aromatic N) is 1. The Balaban J connectivity index is 1.54. The third kappa shape index (κ3) is 5.39. The highest BCUT2D eigenvalue weighted by atomic mass is 19.4. The van der Waals surface area contributed by atoms with Gasteiger partial charge in [0.25, 0.3) is 0 Å². The second-order valence-corrected chi connectivity index (χ2v) is 8.60. The van der Waals surface area contributed by atoms with Crippen LogP contribution in [0.2, 0.25) is 0 Å². The quantitative estimate of drug-likeness (QED) is 0.473. The first-order valence-electron chi connectivity index (χ1n) is 11.1. The fraction of sp³-hybridized carbons (Fsp3) is 0.400. The molecule has 0 atom stereocenters. The fourth-order valence-electron chi connectivity index (χ4n) is 4.40. The SMILES string of the molecule is COc1ccccc1CNC1(Cc2nc(-c3ccc(C(F)(F)F)cc3)[nH]c2C)CCNCC1. The lowest BCUT2D eigenvalue weighted by molar-refractivity contribution is -0.137. The van der Waals surface area contributed by atoms with Crippen LogP contribution in [0.25, 0.3) is 11.4 Å². The molecule has 0 bridgehead atoms. The lowest BCUT2D eigenvalue weighted by Gasteiger charge is -2.39. The average molecular weight is 459 g/mol. The summed E-state index contributed by atoms with van der Waals surface area (Å²) in [5.74, 6) is 1.44. The Kier molecular flexibility index (Phi) is 6.76. The Morgan fingerprint density at radius 3 is 2.42 bits per heavy atom. The minimum absolute atomic E-state index is 0.135. The monoisotopic (exact) mass is 458 g/mol. The summed E-state index contributed by atoms with van der Waals surface area (Å²) in [6.45, 7) is 4.46. The van der Waals surface area contributed by atoms with Gasteiger partial charge in [-0.05, 0) is 51.1 Å². The van der Waals surface area contributed by atoms with Crippen LogP contribution < -0.4 is 15.4 Å². The van der Waals surface area contributed by atoms with Crippen LogP contribution in [0.1, 0.15) is 35.4 Å². The van der Waals surface area contributed by atoms with Gasteiger partial charge in [-0.3, -0.25) is 0 Å². The Morgan fingerprint density at radius 2 is 1.76 bits per heavy atom. The first kappa shape index (κ1) is 23.3. The van der Waals surface area contributed by atoms with Crippen molar-refractivity contribution >= 4 is 0 Å². The number of hydrogen-bond acceptors (Lipinski definition) is 4. The molecule has 0 radical (unpaired) electrons. The summed E-state index contributed by atoms with van der Waals surface area (Å²) in [5, 5.41) is 7.20. The molecule has 1 aliphatic rings. The summed E-state index contributed by atoms with van der Waals surface area (Å²) in [7, 11) is 1.68. The summed E-state index contributed by atoms with van der Waals surface area (Å²) >= 11 is 0. The average Bonchev–Trinajstić information content (AvgIpc) is 3.18. The van der Waals surface area contributed by atoms with Crippen LogP contribution in [0.4, 0.5) is 13.2 Å². The Labute approximate surface area is 191 Å². The van der Waals surface area contributed by atoms with E-state index in [9.17, 15) is 13.2 Å². The molecule has 0 spiro atoms. The van der Waals surface area contributed by atoms with Crippen molar-refractivity contribution in [2.75, 3.05) is 20.2 Å². The molecule has 0 saturated carbocycles. The summed E-state index contributed by atoms with van der Waals surface area (Å²) in [5.41, 5.74) is 2.80. The van der Waals surface area contributed by atoms with Crippen LogP contribution >= 0.6 is 0 Å². The number of piperidine rings is 1. The number of nitrogens with one attached hydrogen (secondary N) is 3. The van der Waals surface area contributed by atoms with Gasteiger partial charge in [-0.1, -0.05) is 30.3 Å². The maximum absolute atomic E-state index is 12.9. The lowest BCUT2D eigenvalue weighted by Crippen LogP contribution is -2.53. The van der Waals surface area contributed by atoms with E-state index in [0.717, 1.165) is 67.2 Å². The Bertz CT molecular complexity index is 1070. The van der Waals surface area contributed by atoms with E-state index in [-0.39, 0.29) is 5.54 Å². The standard InChI is InChI=1S/C25H29F3N4O/c1-17-21(32-23(31-17)18-7-9-20(10-8-18)25(26,27)28)15-24(11-13-29-14-12-24)30-16-19-5-3-4-6-22(19)33-2/h3-10,29-30H,11-16H2,1-2H3,(H,31,32). The van der Waals surface area contributed by atoms with E-state index in [4.69, 9.17) is 9.72 Å². The molecule has 3 N–H and O–H groups in total. The number of para-hydroxylation sites is 1. The van der Waals surface area contributed by atoms with Gasteiger partial charge in [0.1, 0.15) is 11.6 Å². The van der Waals surface area contributed by atoms with Gasteiger partial charge < -0.3 is 20.4 Å². The molecule has 0 aliphatic carbocycles. The van der Waals surface area contributed by atoms with Gasteiger partial charge in [-0.2, -0.15) is 13.2 Å². The number of imidazole rings is 1. The number of hydrogen-bond donors (Lipinski definition) is 3. The van der Waals surface area contributed by atoms with Crippen molar-refractivity contribution < 1.29 is 17.9 Å². The Hall–Kier alpha value is -2.84. The fourth-order valence-corrected chi connectivity index (χ4v) is 4.40. The minimum Gasteiger partial charge on any atom is -0.496 e. The van der Waals surface area contributed by atoms with E-state index in [1.165, 1.54) is 12.1 Å². The van der Waals surface area contributed by atoms with Gasteiger partial charge in [0, 0.05) is 35.3 Å². The predicted octanol–water partition coefficient (Wildman–Crippen LogP) is 4.87. The third-order valence-corrected chi connectivity index (χ3v) is 6.38. The lowest BCUT2D eigenvalue weighted by atomic mass is 9.83. The van der Waals surface area contributed by atoms with Gasteiger partial charge in [0.2, 0.25) is 0 Å². The van der Waals surface area contributed by atoms with E-state index in [1.807, 2.05) is 25.1 Å². The van der Waals surface area contributed by atoms with Gasteiger partial charge in [-0.15, -0.1) is 0 Å².